The van der Waals surface area contributed by atoms with Crippen molar-refractivity contribution in [1.82, 2.24) is 10.2 Å². The van der Waals surface area contributed by atoms with Crippen molar-refractivity contribution in [2.75, 3.05) is 39.4 Å². The lowest BCUT2D eigenvalue weighted by Gasteiger charge is -2.29. The number of nitrogens with one attached hydrogen (secondary N) is 1. The Morgan fingerprint density at radius 3 is 2.86 bits per heavy atom. The van der Waals surface area contributed by atoms with E-state index in [4.69, 9.17) is 16.3 Å². The zero-order valence-electron chi connectivity index (χ0n) is 8.71. The summed E-state index contributed by atoms with van der Waals surface area (Å²) in [4.78, 5) is 2.42. The zero-order chi connectivity index (χ0) is 10.2. The highest BCUT2D eigenvalue weighted by Gasteiger charge is 2.12. The van der Waals surface area contributed by atoms with E-state index in [2.05, 4.69) is 17.1 Å². The van der Waals surface area contributed by atoms with Gasteiger partial charge in [0.05, 0.1) is 13.2 Å². The third-order valence-electron chi connectivity index (χ3n) is 2.31. The first kappa shape index (κ1) is 12.0. The molecule has 0 aromatic carbocycles. The molecule has 0 saturated carbocycles. The maximum atomic E-state index is 5.43. The topological polar surface area (TPSA) is 24.5 Å². The van der Waals surface area contributed by atoms with E-state index < -0.39 is 0 Å². The van der Waals surface area contributed by atoms with Gasteiger partial charge in [0.2, 0.25) is 0 Å². The van der Waals surface area contributed by atoms with E-state index in [0.29, 0.717) is 6.04 Å². The Kier molecular flexibility index (Phi) is 6.19. The summed E-state index contributed by atoms with van der Waals surface area (Å²) >= 11 is 5.43. The van der Waals surface area contributed by atoms with Crippen LogP contribution in [-0.2, 0) is 4.74 Å². The number of nitrogens with zero attached hydrogens (tertiary/aromatic N) is 1. The Labute approximate surface area is 91.1 Å². The van der Waals surface area contributed by atoms with E-state index in [1.165, 1.54) is 0 Å². The third-order valence-corrected chi connectivity index (χ3v) is 2.49. The van der Waals surface area contributed by atoms with Gasteiger partial charge in [-0.15, -0.1) is 0 Å². The monoisotopic (exact) mass is 218 g/mol. The van der Waals surface area contributed by atoms with Crippen LogP contribution >= 0.6 is 11.6 Å². The molecule has 1 saturated heterocycles. The van der Waals surface area contributed by atoms with Crippen molar-refractivity contribution in [2.45, 2.75) is 13.0 Å². The molecule has 1 N–H and O–H groups in total. The maximum absolute atomic E-state index is 5.43. The predicted octanol–water partition coefficient (Wildman–Crippen LogP) is 1.05. The highest BCUT2D eigenvalue weighted by atomic mass is 35.5. The van der Waals surface area contributed by atoms with Crippen LogP contribution in [0, 0.1) is 0 Å². The minimum Gasteiger partial charge on any atom is -0.379 e. The average molecular weight is 219 g/mol. The van der Waals surface area contributed by atoms with Gasteiger partial charge in [-0.05, 0) is 6.92 Å². The number of hydrogen-bond donors (Lipinski definition) is 1. The van der Waals surface area contributed by atoms with Gasteiger partial charge < -0.3 is 10.1 Å². The molecule has 1 aliphatic heterocycles. The molecule has 0 radical (unpaired) electrons. The van der Waals surface area contributed by atoms with Gasteiger partial charge in [-0.1, -0.05) is 17.7 Å². The minimum atomic E-state index is 0.501. The summed E-state index contributed by atoms with van der Waals surface area (Å²) in [6.45, 7) is 7.96. The summed E-state index contributed by atoms with van der Waals surface area (Å²) in [5.41, 5.74) is 1.55. The summed E-state index contributed by atoms with van der Waals surface area (Å²) in [6, 6.07) is 0.501. The maximum Gasteiger partial charge on any atom is 0.0594 e. The molecular weight excluding hydrogens is 200 g/mol. The molecule has 14 heavy (non-hydrogen) atoms. The van der Waals surface area contributed by atoms with Gasteiger partial charge in [0.25, 0.3) is 0 Å². The third kappa shape index (κ3) is 4.96. The molecule has 0 aliphatic carbocycles. The van der Waals surface area contributed by atoms with Gasteiger partial charge in [-0.2, -0.15) is 0 Å². The highest BCUT2D eigenvalue weighted by Crippen LogP contribution is 1.98. The Hall–Kier alpha value is -0.0900. The van der Waals surface area contributed by atoms with Crippen LogP contribution < -0.4 is 5.32 Å². The number of halogens is 1. The number of ether oxygens (including phenoxy) is 1. The van der Waals surface area contributed by atoms with Gasteiger partial charge >= 0.3 is 0 Å². The number of hydrogen-bond acceptors (Lipinski definition) is 3. The molecule has 0 amide bonds. The molecule has 3 nitrogen and oxygen atoms in total. The lowest BCUT2D eigenvalue weighted by atomic mass is 10.3. The first-order chi connectivity index (χ1) is 6.83. The lowest BCUT2D eigenvalue weighted by molar-refractivity contribution is 0.0346. The Morgan fingerprint density at radius 1 is 1.50 bits per heavy atom. The second-order valence-corrected chi connectivity index (χ2v) is 3.84. The van der Waals surface area contributed by atoms with Crippen molar-refractivity contribution < 1.29 is 4.74 Å². The van der Waals surface area contributed by atoms with Crippen molar-refractivity contribution in [3.05, 3.63) is 11.6 Å². The number of rotatable bonds is 5. The second-order valence-electron chi connectivity index (χ2n) is 3.58. The fourth-order valence-electron chi connectivity index (χ4n) is 1.55. The molecular formula is C10H19ClN2O. The van der Waals surface area contributed by atoms with Crippen LogP contribution in [0.25, 0.3) is 0 Å². The van der Waals surface area contributed by atoms with E-state index in [0.717, 1.165) is 39.4 Å². The molecule has 0 spiro atoms. The summed E-state index contributed by atoms with van der Waals surface area (Å²) in [5, 5.41) is 3.38. The Bertz CT molecular complexity index is 170. The summed E-state index contributed by atoms with van der Waals surface area (Å²) in [6.07, 6.45) is 1.91. The largest absolute Gasteiger partial charge is 0.379 e. The van der Waals surface area contributed by atoms with Crippen LogP contribution in [-0.4, -0.2) is 50.3 Å². The average Bonchev–Trinajstić information content (AvgIpc) is 2.20. The van der Waals surface area contributed by atoms with Crippen molar-refractivity contribution in [2.24, 2.45) is 0 Å². The van der Waals surface area contributed by atoms with Crippen molar-refractivity contribution >= 4 is 11.6 Å². The van der Waals surface area contributed by atoms with Crippen LogP contribution in [0.1, 0.15) is 6.92 Å². The van der Waals surface area contributed by atoms with Crippen LogP contribution in [0.15, 0.2) is 11.6 Å². The lowest BCUT2D eigenvalue weighted by Crippen LogP contribution is -2.44. The predicted molar refractivity (Wildman–Crippen MR) is 59.7 cm³/mol. The van der Waals surface area contributed by atoms with E-state index >= 15 is 0 Å². The zero-order valence-corrected chi connectivity index (χ0v) is 9.46. The van der Waals surface area contributed by atoms with Crippen LogP contribution in [0.2, 0.25) is 0 Å². The quantitative estimate of drug-likeness (QED) is 0.747. The smallest absolute Gasteiger partial charge is 0.0594 e. The molecule has 0 bridgehead atoms. The Morgan fingerprint density at radius 2 is 2.21 bits per heavy atom. The van der Waals surface area contributed by atoms with Crippen LogP contribution in [0.3, 0.4) is 0 Å². The first-order valence-corrected chi connectivity index (χ1v) is 5.55. The Balaban J connectivity index is 2.08. The SMILES string of the molecule is CC(CN1CCOCC1)NC/C=C/Cl. The van der Waals surface area contributed by atoms with E-state index in [1.54, 1.807) is 5.54 Å². The van der Waals surface area contributed by atoms with Crippen molar-refractivity contribution in [3.63, 3.8) is 0 Å². The van der Waals surface area contributed by atoms with Crippen LogP contribution in [0.4, 0.5) is 0 Å². The van der Waals surface area contributed by atoms with Gasteiger partial charge in [0.15, 0.2) is 0 Å². The van der Waals surface area contributed by atoms with Gasteiger partial charge in [-0.25, -0.2) is 0 Å². The molecule has 82 valence electrons. The van der Waals surface area contributed by atoms with Crippen molar-refractivity contribution in [3.8, 4) is 0 Å². The first-order valence-electron chi connectivity index (χ1n) is 5.11. The summed E-state index contributed by atoms with van der Waals surface area (Å²) in [7, 11) is 0. The fraction of sp³-hybridized carbons (Fsp3) is 0.800. The second kappa shape index (κ2) is 7.23. The van der Waals surface area contributed by atoms with E-state index in [-0.39, 0.29) is 0 Å². The molecule has 1 unspecified atom stereocenters. The molecule has 1 fully saturated rings. The molecule has 4 heteroatoms. The molecule has 1 heterocycles. The fourth-order valence-corrected chi connectivity index (χ4v) is 1.64. The number of morpholine rings is 1. The molecule has 0 aromatic rings. The summed E-state index contributed by atoms with van der Waals surface area (Å²) in [5.74, 6) is 0. The molecule has 1 rings (SSSR count). The normalized spacial score (nSPS) is 21.6. The molecule has 0 aromatic heterocycles. The van der Waals surface area contributed by atoms with E-state index in [9.17, 15) is 0 Å². The standard InChI is InChI=1S/C10H19ClN2O/c1-10(12-4-2-3-11)9-13-5-7-14-8-6-13/h2-3,10,12H,4-9H2,1H3/b3-2+. The van der Waals surface area contributed by atoms with Gasteiger partial charge in [0.1, 0.15) is 0 Å². The molecule has 1 aliphatic rings. The van der Waals surface area contributed by atoms with E-state index in [1.807, 2.05) is 6.08 Å². The van der Waals surface area contributed by atoms with Gasteiger partial charge in [0, 0.05) is 37.8 Å². The minimum absolute atomic E-state index is 0.501. The van der Waals surface area contributed by atoms with Crippen molar-refractivity contribution in [1.29, 1.82) is 0 Å². The van der Waals surface area contributed by atoms with Gasteiger partial charge in [-0.3, -0.25) is 4.90 Å². The molecule has 1 atom stereocenters. The van der Waals surface area contributed by atoms with Crippen LogP contribution in [0.5, 0.6) is 0 Å². The summed E-state index contributed by atoms with van der Waals surface area (Å²) < 4.78 is 5.29. The highest BCUT2D eigenvalue weighted by molar-refractivity contribution is 6.25.